The van der Waals surface area contributed by atoms with E-state index in [0.29, 0.717) is 10.6 Å². The zero-order valence-corrected chi connectivity index (χ0v) is 13.3. The Morgan fingerprint density at radius 1 is 1.39 bits per heavy atom. The van der Waals surface area contributed by atoms with Crippen LogP contribution in [0.3, 0.4) is 0 Å². The van der Waals surface area contributed by atoms with E-state index in [1.807, 2.05) is 0 Å². The smallest absolute Gasteiger partial charge is 0.336 e. The quantitative estimate of drug-likeness (QED) is 0.730. The third-order valence-corrected chi connectivity index (χ3v) is 4.82. The predicted octanol–water partition coefficient (Wildman–Crippen LogP) is 1.51. The Morgan fingerprint density at radius 3 is 2.87 bits per heavy atom. The van der Waals surface area contributed by atoms with E-state index in [2.05, 4.69) is 20.7 Å². The van der Waals surface area contributed by atoms with Gasteiger partial charge in [0.25, 0.3) is 5.89 Å². The molecule has 0 spiro atoms. The summed E-state index contributed by atoms with van der Waals surface area (Å²) in [5.41, 5.74) is 0. The van der Waals surface area contributed by atoms with Gasteiger partial charge in [-0.3, -0.25) is 4.79 Å². The fraction of sp³-hybridized carbons (Fsp3) is 0.167. The number of aromatic nitrogens is 3. The number of nitrogens with one attached hydrogen (secondary N) is 1. The van der Waals surface area contributed by atoms with Gasteiger partial charge in [0.1, 0.15) is 11.5 Å². The highest BCUT2D eigenvalue weighted by atomic mass is 32.2. The van der Waals surface area contributed by atoms with Crippen LogP contribution >= 0.6 is 11.3 Å². The van der Waals surface area contributed by atoms with Gasteiger partial charge in [0.15, 0.2) is 5.82 Å². The molecule has 0 aromatic carbocycles. The molecule has 0 aliphatic carbocycles. The minimum atomic E-state index is -4.05. The molecule has 0 radical (unpaired) electrons. The van der Waals surface area contributed by atoms with Crippen LogP contribution in [0.5, 0.6) is 0 Å². The first-order valence-electron chi connectivity index (χ1n) is 6.27. The molecule has 0 atom stereocenters. The molecule has 0 aliphatic rings. The maximum atomic E-state index is 12.1. The van der Waals surface area contributed by atoms with E-state index in [0.717, 1.165) is 0 Å². The largest absolute Gasteiger partial charge is 0.407 e. The summed E-state index contributed by atoms with van der Waals surface area (Å²) in [4.78, 5) is 12.4. The normalized spacial score (nSPS) is 11.5. The Balaban J connectivity index is 1.72. The van der Waals surface area contributed by atoms with Gasteiger partial charge in [-0.15, -0.1) is 16.4 Å². The first-order valence-corrected chi connectivity index (χ1v) is 8.80. The minimum absolute atomic E-state index is 0.0890. The second kappa shape index (κ2) is 5.93. The first kappa shape index (κ1) is 15.4. The van der Waals surface area contributed by atoms with Crippen molar-refractivity contribution in [2.45, 2.75) is 12.1 Å². The number of carbonyl (C=O) groups excluding carboxylic acids is 1. The van der Waals surface area contributed by atoms with Crippen LogP contribution in [0.25, 0.3) is 10.8 Å². The van der Waals surface area contributed by atoms with Gasteiger partial charge in [-0.25, -0.2) is 8.42 Å². The van der Waals surface area contributed by atoms with Crippen molar-refractivity contribution in [3.8, 4) is 10.8 Å². The molecule has 11 heteroatoms. The van der Waals surface area contributed by atoms with Crippen LogP contribution in [0.4, 0.5) is 5.82 Å². The Kier molecular flexibility index (Phi) is 3.96. The molecule has 9 nitrogen and oxygen atoms in total. The van der Waals surface area contributed by atoms with Crippen molar-refractivity contribution >= 4 is 32.9 Å². The maximum Gasteiger partial charge on any atom is 0.336 e. The Labute approximate surface area is 134 Å². The average Bonchev–Trinajstić information content (AvgIpc) is 3.17. The number of rotatable bonds is 5. The number of nitrogens with zero attached hydrogens (tertiary/aromatic N) is 3. The van der Waals surface area contributed by atoms with E-state index in [1.165, 1.54) is 17.4 Å². The summed E-state index contributed by atoms with van der Waals surface area (Å²) >= 11 is 1.33. The van der Waals surface area contributed by atoms with E-state index in [1.54, 1.807) is 24.4 Å². The lowest BCUT2D eigenvalue weighted by Gasteiger charge is -2.00. The molecule has 3 aromatic heterocycles. The zero-order chi connectivity index (χ0) is 16.4. The number of amides is 1. The number of hydrogen-bond acceptors (Lipinski definition) is 9. The molecule has 3 heterocycles. The molecule has 0 bridgehead atoms. The van der Waals surface area contributed by atoms with Crippen molar-refractivity contribution in [3.63, 3.8) is 0 Å². The van der Waals surface area contributed by atoms with Crippen LogP contribution in [0.1, 0.15) is 5.76 Å². The molecule has 0 fully saturated rings. The molecule has 0 unspecified atom stereocenters. The van der Waals surface area contributed by atoms with Crippen molar-refractivity contribution in [2.24, 2.45) is 0 Å². The number of sulfone groups is 1. The van der Waals surface area contributed by atoms with E-state index in [9.17, 15) is 13.2 Å². The average molecular weight is 354 g/mol. The van der Waals surface area contributed by atoms with Gasteiger partial charge in [-0.05, 0) is 18.4 Å². The third-order valence-electron chi connectivity index (χ3n) is 2.62. The molecule has 0 saturated heterocycles. The van der Waals surface area contributed by atoms with Crippen molar-refractivity contribution < 1.29 is 22.2 Å². The van der Waals surface area contributed by atoms with Crippen LogP contribution in [0, 0.1) is 6.92 Å². The van der Waals surface area contributed by atoms with Crippen LogP contribution in [-0.4, -0.2) is 35.4 Å². The lowest BCUT2D eigenvalue weighted by Crippen LogP contribution is -2.23. The summed E-state index contributed by atoms with van der Waals surface area (Å²) in [6, 6.07) is 4.95. The van der Waals surface area contributed by atoms with Crippen LogP contribution < -0.4 is 5.32 Å². The topological polar surface area (TPSA) is 128 Å². The molecular weight excluding hydrogens is 344 g/mol. The molecule has 120 valence electrons. The summed E-state index contributed by atoms with van der Waals surface area (Å²) in [7, 11) is -4.05. The molecule has 1 amide bonds. The molecule has 0 aliphatic heterocycles. The summed E-state index contributed by atoms with van der Waals surface area (Å²) in [5.74, 6) is -0.918. The van der Waals surface area contributed by atoms with Crippen molar-refractivity contribution in [3.05, 3.63) is 29.3 Å². The van der Waals surface area contributed by atoms with Gasteiger partial charge in [0, 0.05) is 6.07 Å². The Hall–Kier alpha value is -2.53. The summed E-state index contributed by atoms with van der Waals surface area (Å²) < 4.78 is 34.2. The highest BCUT2D eigenvalue weighted by Gasteiger charge is 2.27. The number of carbonyl (C=O) groups is 1. The molecule has 0 saturated carbocycles. The van der Waals surface area contributed by atoms with Gasteiger partial charge in [-0.1, -0.05) is 16.3 Å². The molecule has 1 N–H and O–H groups in total. The van der Waals surface area contributed by atoms with Gasteiger partial charge in [0.05, 0.1) is 4.88 Å². The van der Waals surface area contributed by atoms with E-state index >= 15 is 0 Å². The van der Waals surface area contributed by atoms with E-state index in [4.69, 9.17) is 8.94 Å². The summed E-state index contributed by atoms with van der Waals surface area (Å²) in [6.45, 7) is 1.64. The zero-order valence-electron chi connectivity index (χ0n) is 11.7. The van der Waals surface area contributed by atoms with Gasteiger partial charge < -0.3 is 14.3 Å². The van der Waals surface area contributed by atoms with Crippen molar-refractivity contribution in [1.82, 2.24) is 15.4 Å². The fourth-order valence-electron chi connectivity index (χ4n) is 1.67. The molecule has 3 rings (SSSR count). The van der Waals surface area contributed by atoms with Crippen molar-refractivity contribution in [2.75, 3.05) is 11.1 Å². The van der Waals surface area contributed by atoms with Crippen LogP contribution in [0.2, 0.25) is 0 Å². The monoisotopic (exact) mass is 354 g/mol. The Morgan fingerprint density at radius 2 is 2.22 bits per heavy atom. The third kappa shape index (κ3) is 3.46. The van der Waals surface area contributed by atoms with Crippen LogP contribution in [0.15, 0.2) is 37.7 Å². The fourth-order valence-corrected chi connectivity index (χ4v) is 3.23. The summed E-state index contributed by atoms with van der Waals surface area (Å²) in [5, 5.41) is 14.2. The highest BCUT2D eigenvalue weighted by molar-refractivity contribution is 7.91. The second-order valence-corrected chi connectivity index (χ2v) is 7.30. The lowest BCUT2D eigenvalue weighted by molar-refractivity contribution is -0.113. The molecule has 3 aromatic rings. The number of anilines is 1. The Bertz CT molecular complexity index is 926. The van der Waals surface area contributed by atoms with E-state index < -0.39 is 26.7 Å². The van der Waals surface area contributed by atoms with E-state index in [-0.39, 0.29) is 11.7 Å². The van der Waals surface area contributed by atoms with Gasteiger partial charge >= 0.3 is 5.22 Å². The number of hydrogen-bond donors (Lipinski definition) is 1. The maximum absolute atomic E-state index is 12.1. The standard InChI is InChI=1S/C12H10N4O5S2/c1-7-5-9(16-21-7)13-10(17)6-23(18,19)12-15-14-11(20-12)8-3-2-4-22-8/h2-5H,6H2,1H3,(H,13,16,17). The molecule has 23 heavy (non-hydrogen) atoms. The first-order chi connectivity index (χ1) is 10.9. The lowest BCUT2D eigenvalue weighted by atomic mass is 10.5. The SMILES string of the molecule is Cc1cc(NC(=O)CS(=O)(=O)c2nnc(-c3cccs3)o2)no1. The number of aryl methyl sites for hydroxylation is 1. The van der Waals surface area contributed by atoms with Crippen molar-refractivity contribution in [1.29, 1.82) is 0 Å². The van der Waals surface area contributed by atoms with Gasteiger partial charge in [0.2, 0.25) is 15.7 Å². The van der Waals surface area contributed by atoms with Gasteiger partial charge in [-0.2, -0.15) is 0 Å². The number of thiophene rings is 1. The van der Waals surface area contributed by atoms with Crippen LogP contribution in [-0.2, 0) is 14.6 Å². The highest BCUT2D eigenvalue weighted by Crippen LogP contribution is 2.24. The minimum Gasteiger partial charge on any atom is -0.407 e. The molecular formula is C12H10N4O5S2. The summed E-state index contributed by atoms with van der Waals surface area (Å²) in [6.07, 6.45) is 0. The predicted molar refractivity (Wildman–Crippen MR) is 79.5 cm³/mol. The second-order valence-electron chi connectivity index (χ2n) is 4.48.